The standard InChI is InChI=1S/C8H15O2P.B/c1-4-7-8-11(9-5-2)10-6-3;/h4,7-8H,1,5-6H2,2-3H3;/b8-7+;. The summed E-state index contributed by atoms with van der Waals surface area (Å²) >= 11 is 0. The summed E-state index contributed by atoms with van der Waals surface area (Å²) < 4.78 is 10.6. The third kappa shape index (κ3) is 8.00. The van der Waals surface area contributed by atoms with Gasteiger partial charge < -0.3 is 9.05 Å². The largest absolute Gasteiger partial charge is 0.331 e. The maximum atomic E-state index is 5.29. The van der Waals surface area contributed by atoms with Crippen molar-refractivity contribution in [2.24, 2.45) is 0 Å². The number of hydrogen-bond acceptors (Lipinski definition) is 2. The van der Waals surface area contributed by atoms with Crippen LogP contribution in [0.3, 0.4) is 0 Å². The van der Waals surface area contributed by atoms with Gasteiger partial charge in [-0.25, -0.2) is 0 Å². The molecule has 0 aromatic heterocycles. The molecule has 0 saturated heterocycles. The second-order valence-corrected chi connectivity index (χ2v) is 3.08. The fraction of sp³-hybridized carbons (Fsp3) is 0.500. The minimum Gasteiger partial charge on any atom is -0.331 e. The van der Waals surface area contributed by atoms with Crippen molar-refractivity contribution in [3.05, 3.63) is 24.5 Å². The van der Waals surface area contributed by atoms with E-state index in [0.29, 0.717) is 13.2 Å². The fourth-order valence-electron chi connectivity index (χ4n) is 0.509. The van der Waals surface area contributed by atoms with Crippen LogP contribution in [-0.4, -0.2) is 21.6 Å². The SMILES string of the molecule is C=C/C=C/P(OCC)OCC.[B]. The molecule has 0 rings (SSSR count). The number of allylic oxidation sites excluding steroid dienone is 2. The van der Waals surface area contributed by atoms with E-state index < -0.39 is 8.38 Å². The summed E-state index contributed by atoms with van der Waals surface area (Å²) in [7, 11) is -0.819. The van der Waals surface area contributed by atoms with E-state index in [1.807, 2.05) is 25.7 Å². The molecule has 0 aliphatic rings. The lowest BCUT2D eigenvalue weighted by Gasteiger charge is -2.09. The van der Waals surface area contributed by atoms with Crippen molar-refractivity contribution in [3.63, 3.8) is 0 Å². The Labute approximate surface area is 78.1 Å². The lowest BCUT2D eigenvalue weighted by molar-refractivity contribution is 0.276. The van der Waals surface area contributed by atoms with Crippen LogP contribution in [0.25, 0.3) is 0 Å². The first kappa shape index (κ1) is 14.4. The molecule has 0 aromatic carbocycles. The van der Waals surface area contributed by atoms with Crippen molar-refractivity contribution < 1.29 is 9.05 Å². The molecule has 67 valence electrons. The minimum absolute atomic E-state index is 0. The van der Waals surface area contributed by atoms with E-state index in [1.165, 1.54) is 0 Å². The molecule has 0 N–H and O–H groups in total. The average Bonchev–Trinajstić information content (AvgIpc) is 2.01. The monoisotopic (exact) mass is 185 g/mol. The number of hydrogen-bond donors (Lipinski definition) is 0. The quantitative estimate of drug-likeness (QED) is 0.359. The first-order chi connectivity index (χ1) is 5.35. The normalized spacial score (nSPS) is 10.2. The molecule has 2 nitrogen and oxygen atoms in total. The lowest BCUT2D eigenvalue weighted by Crippen LogP contribution is -1.86. The van der Waals surface area contributed by atoms with E-state index >= 15 is 0 Å². The van der Waals surface area contributed by atoms with E-state index in [1.54, 1.807) is 6.08 Å². The van der Waals surface area contributed by atoms with E-state index in [-0.39, 0.29) is 8.41 Å². The van der Waals surface area contributed by atoms with Crippen LogP contribution in [0.15, 0.2) is 24.5 Å². The molecule has 0 heterocycles. The third-order valence-corrected chi connectivity index (χ3v) is 2.30. The summed E-state index contributed by atoms with van der Waals surface area (Å²) in [6.07, 6.45) is 3.56. The lowest BCUT2D eigenvalue weighted by atomic mass is 10.6. The minimum atomic E-state index is -0.819. The highest BCUT2D eigenvalue weighted by Crippen LogP contribution is 2.39. The van der Waals surface area contributed by atoms with Crippen molar-refractivity contribution in [3.8, 4) is 0 Å². The molecule has 0 spiro atoms. The summed E-state index contributed by atoms with van der Waals surface area (Å²) in [5, 5.41) is 0. The Bertz CT molecular complexity index is 122. The van der Waals surface area contributed by atoms with Gasteiger partial charge in [0.15, 0.2) is 8.38 Å². The van der Waals surface area contributed by atoms with Crippen LogP contribution in [0.5, 0.6) is 0 Å². The Morgan fingerprint density at radius 1 is 1.25 bits per heavy atom. The van der Waals surface area contributed by atoms with Crippen LogP contribution in [0, 0.1) is 0 Å². The van der Waals surface area contributed by atoms with Crippen LogP contribution in [0.2, 0.25) is 0 Å². The topological polar surface area (TPSA) is 18.5 Å². The molecule has 0 atom stereocenters. The fourth-order valence-corrected chi connectivity index (χ4v) is 1.53. The molecule has 0 aliphatic heterocycles. The summed E-state index contributed by atoms with van der Waals surface area (Å²) in [6.45, 7) is 8.85. The van der Waals surface area contributed by atoms with Crippen LogP contribution >= 0.6 is 8.38 Å². The van der Waals surface area contributed by atoms with Gasteiger partial charge in [0, 0.05) is 8.41 Å². The molecule has 0 saturated carbocycles. The molecule has 0 aromatic rings. The van der Waals surface area contributed by atoms with Crippen LogP contribution in [0.4, 0.5) is 0 Å². The van der Waals surface area contributed by atoms with E-state index in [9.17, 15) is 0 Å². The van der Waals surface area contributed by atoms with Crippen molar-refractivity contribution in [1.29, 1.82) is 0 Å². The molecule has 12 heavy (non-hydrogen) atoms. The molecular formula is C8H15BO2P. The Hall–Kier alpha value is -0.105. The summed E-state index contributed by atoms with van der Waals surface area (Å²) in [6, 6.07) is 0. The van der Waals surface area contributed by atoms with Crippen LogP contribution < -0.4 is 0 Å². The van der Waals surface area contributed by atoms with E-state index in [2.05, 4.69) is 6.58 Å². The highest BCUT2D eigenvalue weighted by Gasteiger charge is 2.01. The van der Waals surface area contributed by atoms with Crippen molar-refractivity contribution in [1.82, 2.24) is 0 Å². The highest BCUT2D eigenvalue weighted by molar-refractivity contribution is 7.50. The molecule has 4 heteroatoms. The second kappa shape index (κ2) is 10.9. The van der Waals surface area contributed by atoms with Gasteiger partial charge in [-0.05, 0) is 19.7 Å². The van der Waals surface area contributed by atoms with Crippen molar-refractivity contribution in [2.45, 2.75) is 13.8 Å². The van der Waals surface area contributed by atoms with Gasteiger partial charge in [-0.15, -0.1) is 0 Å². The zero-order valence-corrected chi connectivity index (χ0v) is 8.59. The first-order valence-corrected chi connectivity index (χ1v) is 4.94. The van der Waals surface area contributed by atoms with Gasteiger partial charge in [0.05, 0.1) is 13.2 Å². The molecule has 0 bridgehead atoms. The third-order valence-electron chi connectivity index (χ3n) is 0.857. The van der Waals surface area contributed by atoms with Gasteiger partial charge in [-0.3, -0.25) is 0 Å². The maximum Gasteiger partial charge on any atom is 0.197 e. The van der Waals surface area contributed by atoms with Gasteiger partial charge >= 0.3 is 0 Å². The molecule has 0 fully saturated rings. The Morgan fingerprint density at radius 2 is 1.75 bits per heavy atom. The van der Waals surface area contributed by atoms with Gasteiger partial charge in [0.1, 0.15) is 0 Å². The van der Waals surface area contributed by atoms with E-state index in [4.69, 9.17) is 9.05 Å². The van der Waals surface area contributed by atoms with Crippen molar-refractivity contribution in [2.75, 3.05) is 13.2 Å². The van der Waals surface area contributed by atoms with Crippen molar-refractivity contribution >= 4 is 16.8 Å². The van der Waals surface area contributed by atoms with Gasteiger partial charge in [0.2, 0.25) is 0 Å². The summed E-state index contributed by atoms with van der Waals surface area (Å²) in [4.78, 5) is 0. The van der Waals surface area contributed by atoms with Crippen LogP contribution in [0.1, 0.15) is 13.8 Å². The second-order valence-electron chi connectivity index (χ2n) is 1.70. The predicted molar refractivity (Wildman–Crippen MR) is 55.3 cm³/mol. The molecule has 3 radical (unpaired) electrons. The molecule has 0 unspecified atom stereocenters. The summed E-state index contributed by atoms with van der Waals surface area (Å²) in [5.41, 5.74) is 0. The molecule has 0 aliphatic carbocycles. The zero-order valence-electron chi connectivity index (χ0n) is 7.69. The van der Waals surface area contributed by atoms with Gasteiger partial charge in [-0.2, -0.15) is 0 Å². The van der Waals surface area contributed by atoms with Crippen LogP contribution in [-0.2, 0) is 9.05 Å². The smallest absolute Gasteiger partial charge is 0.197 e. The number of rotatable bonds is 6. The first-order valence-electron chi connectivity index (χ1n) is 3.69. The predicted octanol–water partition coefficient (Wildman–Crippen LogP) is 2.69. The van der Waals surface area contributed by atoms with Gasteiger partial charge in [0.25, 0.3) is 0 Å². The Balaban J connectivity index is 0. The Kier molecular flexibility index (Phi) is 13.1. The maximum absolute atomic E-state index is 5.29. The average molecular weight is 185 g/mol. The highest BCUT2D eigenvalue weighted by atomic mass is 31.2. The zero-order chi connectivity index (χ0) is 8.53. The molecule has 0 amide bonds. The van der Waals surface area contributed by atoms with E-state index in [0.717, 1.165) is 0 Å². The summed E-state index contributed by atoms with van der Waals surface area (Å²) in [5.74, 6) is 1.90. The molecular weight excluding hydrogens is 170 g/mol. The Morgan fingerprint density at radius 3 is 2.08 bits per heavy atom. The van der Waals surface area contributed by atoms with Gasteiger partial charge in [-0.1, -0.05) is 18.7 Å².